The standard InChI is InChI=1S/C17H22N2O/c1-18-10-12-19(13-11-18)9-8-16-15-5-3-2-4-14(15)6-7-17(16)20/h2-7,20H,8-13H2,1H3. The second kappa shape index (κ2) is 5.81. The second-order valence-corrected chi connectivity index (χ2v) is 5.68. The number of piperazine rings is 1. The van der Waals surface area contributed by atoms with Gasteiger partial charge in [0.25, 0.3) is 0 Å². The lowest BCUT2D eigenvalue weighted by Crippen LogP contribution is -2.45. The maximum absolute atomic E-state index is 10.2. The Bertz CT molecular complexity index is 589. The highest BCUT2D eigenvalue weighted by Crippen LogP contribution is 2.27. The molecule has 1 aliphatic rings. The minimum atomic E-state index is 0.429. The Morgan fingerprint density at radius 1 is 1.00 bits per heavy atom. The quantitative estimate of drug-likeness (QED) is 0.927. The molecule has 0 atom stereocenters. The highest BCUT2D eigenvalue weighted by atomic mass is 16.3. The van der Waals surface area contributed by atoms with Gasteiger partial charge in [0.05, 0.1) is 0 Å². The van der Waals surface area contributed by atoms with Crippen LogP contribution in [0.15, 0.2) is 36.4 Å². The third-order valence-corrected chi connectivity index (χ3v) is 4.29. The zero-order valence-electron chi connectivity index (χ0n) is 12.0. The van der Waals surface area contributed by atoms with Gasteiger partial charge in [0.1, 0.15) is 5.75 Å². The number of hydrogen-bond acceptors (Lipinski definition) is 3. The molecule has 1 saturated heterocycles. The van der Waals surface area contributed by atoms with Gasteiger partial charge < -0.3 is 14.9 Å². The van der Waals surface area contributed by atoms with Gasteiger partial charge >= 0.3 is 0 Å². The van der Waals surface area contributed by atoms with E-state index < -0.39 is 0 Å². The van der Waals surface area contributed by atoms with E-state index in [1.54, 1.807) is 0 Å². The van der Waals surface area contributed by atoms with Crippen LogP contribution in [0.5, 0.6) is 5.75 Å². The average Bonchev–Trinajstić information content (AvgIpc) is 2.48. The zero-order chi connectivity index (χ0) is 13.9. The van der Waals surface area contributed by atoms with Crippen molar-refractivity contribution in [2.45, 2.75) is 6.42 Å². The SMILES string of the molecule is CN1CCN(CCc2c(O)ccc3ccccc23)CC1. The summed E-state index contributed by atoms with van der Waals surface area (Å²) in [5, 5.41) is 12.5. The number of aromatic hydroxyl groups is 1. The fourth-order valence-electron chi connectivity index (χ4n) is 2.93. The van der Waals surface area contributed by atoms with E-state index in [1.807, 2.05) is 24.3 Å². The largest absolute Gasteiger partial charge is 0.508 e. The van der Waals surface area contributed by atoms with Crippen LogP contribution >= 0.6 is 0 Å². The molecule has 1 heterocycles. The molecule has 3 heteroatoms. The molecular formula is C17H22N2O. The zero-order valence-corrected chi connectivity index (χ0v) is 12.0. The summed E-state index contributed by atoms with van der Waals surface area (Å²) in [6.45, 7) is 5.56. The number of fused-ring (bicyclic) bond motifs is 1. The second-order valence-electron chi connectivity index (χ2n) is 5.68. The molecule has 0 aromatic heterocycles. The van der Waals surface area contributed by atoms with Gasteiger partial charge in [-0.05, 0) is 30.3 Å². The molecule has 2 aromatic rings. The lowest BCUT2D eigenvalue weighted by molar-refractivity contribution is 0.155. The molecule has 0 radical (unpaired) electrons. The predicted molar refractivity (Wildman–Crippen MR) is 83.3 cm³/mol. The molecule has 1 N–H and O–H groups in total. The van der Waals surface area contributed by atoms with Crippen molar-refractivity contribution in [2.75, 3.05) is 39.8 Å². The van der Waals surface area contributed by atoms with E-state index in [4.69, 9.17) is 0 Å². The van der Waals surface area contributed by atoms with Crippen LogP contribution in [0, 0.1) is 0 Å². The molecule has 20 heavy (non-hydrogen) atoms. The van der Waals surface area contributed by atoms with Crippen molar-refractivity contribution in [3.8, 4) is 5.75 Å². The summed E-state index contributed by atoms with van der Waals surface area (Å²) >= 11 is 0. The molecular weight excluding hydrogens is 248 g/mol. The van der Waals surface area contributed by atoms with E-state index in [-0.39, 0.29) is 0 Å². The summed E-state index contributed by atoms with van der Waals surface area (Å²) < 4.78 is 0. The monoisotopic (exact) mass is 270 g/mol. The molecule has 1 aliphatic heterocycles. The normalized spacial score (nSPS) is 17.6. The fourth-order valence-corrected chi connectivity index (χ4v) is 2.93. The van der Waals surface area contributed by atoms with E-state index in [9.17, 15) is 5.11 Å². The van der Waals surface area contributed by atoms with E-state index in [2.05, 4.69) is 29.0 Å². The highest BCUT2D eigenvalue weighted by molar-refractivity contribution is 5.87. The van der Waals surface area contributed by atoms with Crippen molar-refractivity contribution in [3.63, 3.8) is 0 Å². The summed E-state index contributed by atoms with van der Waals surface area (Å²) in [6.07, 6.45) is 0.914. The fraction of sp³-hybridized carbons (Fsp3) is 0.412. The molecule has 0 saturated carbocycles. The van der Waals surface area contributed by atoms with E-state index >= 15 is 0 Å². The summed E-state index contributed by atoms with van der Waals surface area (Å²) in [7, 11) is 2.17. The lowest BCUT2D eigenvalue weighted by Gasteiger charge is -2.32. The number of rotatable bonds is 3. The first-order chi connectivity index (χ1) is 9.74. The number of nitrogens with zero attached hydrogens (tertiary/aromatic N) is 2. The summed E-state index contributed by atoms with van der Waals surface area (Å²) in [5.41, 5.74) is 1.09. The van der Waals surface area contributed by atoms with Gasteiger partial charge in [-0.1, -0.05) is 30.3 Å². The number of benzene rings is 2. The van der Waals surface area contributed by atoms with Crippen LogP contribution < -0.4 is 0 Å². The van der Waals surface area contributed by atoms with Gasteiger partial charge in [-0.3, -0.25) is 0 Å². The summed E-state index contributed by atoms with van der Waals surface area (Å²) in [5.74, 6) is 0.429. The summed E-state index contributed by atoms with van der Waals surface area (Å²) in [4.78, 5) is 4.85. The maximum Gasteiger partial charge on any atom is 0.119 e. The number of hydrogen-bond donors (Lipinski definition) is 1. The van der Waals surface area contributed by atoms with Gasteiger partial charge in [-0.25, -0.2) is 0 Å². The lowest BCUT2D eigenvalue weighted by atomic mass is 10.0. The topological polar surface area (TPSA) is 26.7 Å². The first-order valence-electron chi connectivity index (χ1n) is 7.34. The third-order valence-electron chi connectivity index (χ3n) is 4.29. The number of phenols is 1. The van der Waals surface area contributed by atoms with Crippen LogP contribution in [0.2, 0.25) is 0 Å². The van der Waals surface area contributed by atoms with Crippen LogP contribution in [0.1, 0.15) is 5.56 Å². The minimum Gasteiger partial charge on any atom is -0.508 e. The third kappa shape index (κ3) is 2.79. The molecule has 0 amide bonds. The molecule has 0 bridgehead atoms. The molecule has 0 unspecified atom stereocenters. The average molecular weight is 270 g/mol. The first kappa shape index (κ1) is 13.4. The Morgan fingerprint density at radius 2 is 1.75 bits per heavy atom. The van der Waals surface area contributed by atoms with Crippen molar-refractivity contribution in [1.29, 1.82) is 0 Å². The molecule has 0 aliphatic carbocycles. The van der Waals surface area contributed by atoms with Crippen LogP contribution in [0.4, 0.5) is 0 Å². The number of likely N-dealkylation sites (N-methyl/N-ethyl adjacent to an activating group) is 1. The van der Waals surface area contributed by atoms with Gasteiger partial charge in [0.2, 0.25) is 0 Å². The Kier molecular flexibility index (Phi) is 3.90. The van der Waals surface area contributed by atoms with Crippen LogP contribution in [-0.2, 0) is 6.42 Å². The van der Waals surface area contributed by atoms with E-state index in [0.29, 0.717) is 5.75 Å². The van der Waals surface area contributed by atoms with Crippen molar-refractivity contribution < 1.29 is 5.11 Å². The van der Waals surface area contributed by atoms with Gasteiger partial charge in [-0.15, -0.1) is 0 Å². The molecule has 106 valence electrons. The van der Waals surface area contributed by atoms with Gasteiger partial charge in [0.15, 0.2) is 0 Å². The predicted octanol–water partition coefficient (Wildman–Crippen LogP) is 2.34. The molecule has 2 aromatic carbocycles. The van der Waals surface area contributed by atoms with Crippen LogP contribution in [0.3, 0.4) is 0 Å². The van der Waals surface area contributed by atoms with Crippen LogP contribution in [-0.4, -0.2) is 54.7 Å². The van der Waals surface area contributed by atoms with Crippen LogP contribution in [0.25, 0.3) is 10.8 Å². The Morgan fingerprint density at radius 3 is 2.55 bits per heavy atom. The van der Waals surface area contributed by atoms with E-state index in [0.717, 1.165) is 44.7 Å². The molecule has 1 fully saturated rings. The first-order valence-corrected chi connectivity index (χ1v) is 7.34. The number of phenolic OH excluding ortho intramolecular Hbond substituents is 1. The Hall–Kier alpha value is -1.58. The Labute approximate surface area is 120 Å². The smallest absolute Gasteiger partial charge is 0.119 e. The van der Waals surface area contributed by atoms with Gasteiger partial charge in [-0.2, -0.15) is 0 Å². The molecule has 0 spiro atoms. The van der Waals surface area contributed by atoms with E-state index in [1.165, 1.54) is 10.8 Å². The van der Waals surface area contributed by atoms with Crippen molar-refractivity contribution in [1.82, 2.24) is 9.80 Å². The summed E-state index contributed by atoms with van der Waals surface area (Å²) in [6, 6.07) is 12.1. The minimum absolute atomic E-state index is 0.429. The Balaban J connectivity index is 1.75. The molecule has 3 rings (SSSR count). The maximum atomic E-state index is 10.2. The van der Waals surface area contributed by atoms with Crippen molar-refractivity contribution in [2.24, 2.45) is 0 Å². The van der Waals surface area contributed by atoms with Crippen molar-refractivity contribution in [3.05, 3.63) is 42.0 Å². The van der Waals surface area contributed by atoms with Crippen molar-refractivity contribution >= 4 is 10.8 Å². The molecule has 3 nitrogen and oxygen atoms in total. The highest BCUT2D eigenvalue weighted by Gasteiger charge is 2.14. The van der Waals surface area contributed by atoms with Gasteiger partial charge in [0, 0.05) is 38.3 Å².